The van der Waals surface area contributed by atoms with Gasteiger partial charge in [-0.15, -0.1) is 11.3 Å². The first-order valence-corrected chi connectivity index (χ1v) is 8.69. The van der Waals surface area contributed by atoms with Gasteiger partial charge in [0, 0.05) is 29.9 Å². The number of hydrogen-bond acceptors (Lipinski definition) is 6. The normalized spacial score (nSPS) is 11.9. The van der Waals surface area contributed by atoms with Gasteiger partial charge >= 0.3 is 0 Å². The van der Waals surface area contributed by atoms with E-state index in [9.17, 15) is 4.79 Å². The Morgan fingerprint density at radius 1 is 1.20 bits per heavy atom. The fraction of sp³-hybridized carbons (Fsp3) is 0.167. The average molecular weight is 354 g/mol. The number of benzene rings is 1. The van der Waals surface area contributed by atoms with E-state index in [-0.39, 0.29) is 18.9 Å². The van der Waals surface area contributed by atoms with Crippen LogP contribution in [0.4, 0.5) is 5.13 Å². The molecule has 1 amide bonds. The maximum atomic E-state index is 11.9. The molecule has 1 unspecified atom stereocenters. The first-order valence-electron chi connectivity index (χ1n) is 7.81. The molecule has 6 nitrogen and oxygen atoms in total. The van der Waals surface area contributed by atoms with E-state index >= 15 is 0 Å². The molecule has 128 valence electrons. The Kier molecular flexibility index (Phi) is 5.49. The van der Waals surface area contributed by atoms with E-state index in [0.717, 1.165) is 22.4 Å². The topological polar surface area (TPSA) is 101 Å². The molecule has 2 aromatic heterocycles. The lowest BCUT2D eigenvalue weighted by atomic mass is 10.0. The average Bonchev–Trinajstić information content (AvgIpc) is 3.11. The van der Waals surface area contributed by atoms with Gasteiger partial charge in [0.2, 0.25) is 5.91 Å². The van der Waals surface area contributed by atoms with Crippen molar-refractivity contribution in [2.24, 2.45) is 5.73 Å². The summed E-state index contributed by atoms with van der Waals surface area (Å²) >= 11 is 1.34. The van der Waals surface area contributed by atoms with E-state index in [4.69, 9.17) is 10.8 Å². The predicted molar refractivity (Wildman–Crippen MR) is 99.1 cm³/mol. The van der Waals surface area contributed by atoms with Crippen LogP contribution in [0.5, 0.6) is 0 Å². The number of rotatable bonds is 6. The number of nitrogens with zero attached hydrogens (tertiary/aromatic N) is 2. The summed E-state index contributed by atoms with van der Waals surface area (Å²) in [5.74, 6) is -0.347. The summed E-state index contributed by atoms with van der Waals surface area (Å²) < 4.78 is 0. The van der Waals surface area contributed by atoms with E-state index in [2.05, 4.69) is 15.3 Å². The van der Waals surface area contributed by atoms with Crippen LogP contribution in [0.2, 0.25) is 0 Å². The highest BCUT2D eigenvalue weighted by molar-refractivity contribution is 7.14. The van der Waals surface area contributed by atoms with Crippen molar-refractivity contribution >= 4 is 22.4 Å². The molecule has 3 aromatic rings. The minimum absolute atomic E-state index is 0.125. The summed E-state index contributed by atoms with van der Waals surface area (Å²) in [6.45, 7) is -0.125. The Bertz CT molecular complexity index is 851. The molecule has 0 spiro atoms. The number of amides is 1. The van der Waals surface area contributed by atoms with Gasteiger partial charge in [0.05, 0.1) is 11.7 Å². The number of hydrogen-bond donors (Lipinski definition) is 3. The second kappa shape index (κ2) is 7.98. The molecule has 0 radical (unpaired) electrons. The van der Waals surface area contributed by atoms with Crippen LogP contribution < -0.4 is 11.1 Å². The minimum Gasteiger partial charge on any atom is -0.396 e. The zero-order valence-electron chi connectivity index (χ0n) is 13.4. The molecule has 0 aliphatic carbocycles. The number of anilines is 1. The fourth-order valence-corrected chi connectivity index (χ4v) is 3.06. The van der Waals surface area contributed by atoms with E-state index in [1.54, 1.807) is 12.4 Å². The highest BCUT2D eigenvalue weighted by Crippen LogP contribution is 2.28. The molecule has 0 aliphatic rings. The molecule has 4 N–H and O–H groups in total. The van der Waals surface area contributed by atoms with Gasteiger partial charge < -0.3 is 16.2 Å². The van der Waals surface area contributed by atoms with Crippen LogP contribution in [-0.4, -0.2) is 33.6 Å². The maximum Gasteiger partial charge on any atom is 0.243 e. The third-order valence-electron chi connectivity index (χ3n) is 3.68. The van der Waals surface area contributed by atoms with Gasteiger partial charge in [0.25, 0.3) is 0 Å². The molecule has 0 saturated carbocycles. The standard InChI is InChI=1S/C18H18N4O2S/c19-15(6-9-23)17(24)22-18-21-16(11-25-18)14-3-1-2-13(10-14)12-4-7-20-8-5-12/h1-5,7-8,10-11,15,23H,6,9,19H2,(H,21,22,24). The van der Waals surface area contributed by atoms with Crippen molar-refractivity contribution in [3.63, 3.8) is 0 Å². The molecule has 7 heteroatoms. The van der Waals surface area contributed by atoms with Crippen LogP contribution in [0.1, 0.15) is 6.42 Å². The highest BCUT2D eigenvalue weighted by Gasteiger charge is 2.15. The summed E-state index contributed by atoms with van der Waals surface area (Å²) in [6, 6.07) is 11.2. The Labute approximate surface area is 149 Å². The van der Waals surface area contributed by atoms with Gasteiger partial charge in [-0.05, 0) is 35.7 Å². The molecule has 2 heterocycles. The molecule has 0 aliphatic heterocycles. The molecule has 0 saturated heterocycles. The van der Waals surface area contributed by atoms with Gasteiger partial charge in [-0.25, -0.2) is 4.98 Å². The van der Waals surface area contributed by atoms with Gasteiger partial charge in [0.15, 0.2) is 5.13 Å². The van der Waals surface area contributed by atoms with E-state index in [1.807, 2.05) is 41.8 Å². The SMILES string of the molecule is NC(CCO)C(=O)Nc1nc(-c2cccc(-c3ccncc3)c2)cs1. The second-order valence-electron chi connectivity index (χ2n) is 5.46. The number of nitrogens with one attached hydrogen (secondary N) is 1. The summed E-state index contributed by atoms with van der Waals surface area (Å²) in [7, 11) is 0. The second-order valence-corrected chi connectivity index (χ2v) is 6.32. The number of carbonyl (C=O) groups excluding carboxylic acids is 1. The number of carbonyl (C=O) groups is 1. The summed E-state index contributed by atoms with van der Waals surface area (Å²) in [4.78, 5) is 20.4. The fourth-order valence-electron chi connectivity index (χ4n) is 2.33. The van der Waals surface area contributed by atoms with Gasteiger partial charge in [-0.3, -0.25) is 9.78 Å². The first kappa shape index (κ1) is 17.2. The van der Waals surface area contributed by atoms with Crippen molar-refractivity contribution in [1.29, 1.82) is 0 Å². The molecule has 1 atom stereocenters. The summed E-state index contributed by atoms with van der Waals surface area (Å²) in [5, 5.41) is 13.9. The highest BCUT2D eigenvalue weighted by atomic mass is 32.1. The minimum atomic E-state index is -0.743. The van der Waals surface area contributed by atoms with E-state index in [1.165, 1.54) is 11.3 Å². The third kappa shape index (κ3) is 4.27. The zero-order valence-corrected chi connectivity index (χ0v) is 14.2. The molecule has 0 fully saturated rings. The van der Waals surface area contributed by atoms with Crippen LogP contribution in [0, 0.1) is 0 Å². The van der Waals surface area contributed by atoms with Crippen molar-refractivity contribution < 1.29 is 9.90 Å². The number of nitrogens with two attached hydrogens (primary N) is 1. The number of aliphatic hydroxyl groups is 1. The zero-order chi connectivity index (χ0) is 17.6. The number of thiazole rings is 1. The van der Waals surface area contributed by atoms with Crippen molar-refractivity contribution in [3.8, 4) is 22.4 Å². The third-order valence-corrected chi connectivity index (χ3v) is 4.44. The molecular weight excluding hydrogens is 336 g/mol. The smallest absolute Gasteiger partial charge is 0.243 e. The lowest BCUT2D eigenvalue weighted by Gasteiger charge is -2.08. The molecule has 1 aromatic carbocycles. The van der Waals surface area contributed by atoms with Crippen LogP contribution in [-0.2, 0) is 4.79 Å². The van der Waals surface area contributed by atoms with Crippen LogP contribution in [0.15, 0.2) is 54.2 Å². The molecule has 25 heavy (non-hydrogen) atoms. The largest absolute Gasteiger partial charge is 0.396 e. The summed E-state index contributed by atoms with van der Waals surface area (Å²) in [5.41, 5.74) is 9.58. The number of aliphatic hydroxyl groups excluding tert-OH is 1. The Morgan fingerprint density at radius 2 is 1.96 bits per heavy atom. The predicted octanol–water partition coefficient (Wildman–Crippen LogP) is 2.52. The van der Waals surface area contributed by atoms with E-state index in [0.29, 0.717) is 5.13 Å². The van der Waals surface area contributed by atoms with Crippen molar-refractivity contribution in [2.75, 3.05) is 11.9 Å². The maximum absolute atomic E-state index is 11.9. The first-order chi connectivity index (χ1) is 12.2. The quantitative estimate of drug-likeness (QED) is 0.631. The van der Waals surface area contributed by atoms with Gasteiger partial charge in [-0.1, -0.05) is 18.2 Å². The number of pyridine rings is 1. The van der Waals surface area contributed by atoms with Gasteiger partial charge in [-0.2, -0.15) is 0 Å². The Balaban J connectivity index is 1.78. The van der Waals surface area contributed by atoms with E-state index < -0.39 is 6.04 Å². The van der Waals surface area contributed by atoms with Gasteiger partial charge in [0.1, 0.15) is 0 Å². The van der Waals surface area contributed by atoms with Crippen LogP contribution in [0.25, 0.3) is 22.4 Å². The Hall–Kier alpha value is -2.61. The summed E-state index contributed by atoms with van der Waals surface area (Å²) in [6.07, 6.45) is 3.74. The van der Waals surface area contributed by atoms with Crippen LogP contribution >= 0.6 is 11.3 Å². The van der Waals surface area contributed by atoms with Crippen molar-refractivity contribution in [2.45, 2.75) is 12.5 Å². The number of aromatic nitrogens is 2. The molecular formula is C18H18N4O2S. The van der Waals surface area contributed by atoms with Crippen molar-refractivity contribution in [3.05, 3.63) is 54.2 Å². The Morgan fingerprint density at radius 3 is 2.72 bits per heavy atom. The van der Waals surface area contributed by atoms with Crippen molar-refractivity contribution in [1.82, 2.24) is 9.97 Å². The van der Waals surface area contributed by atoms with Crippen LogP contribution in [0.3, 0.4) is 0 Å². The molecule has 3 rings (SSSR count). The molecule has 0 bridgehead atoms. The lowest BCUT2D eigenvalue weighted by molar-refractivity contribution is -0.117. The monoisotopic (exact) mass is 354 g/mol. The lowest BCUT2D eigenvalue weighted by Crippen LogP contribution is -2.36.